The number of esters is 2. The van der Waals surface area contributed by atoms with E-state index in [4.69, 9.17) is 18.5 Å². The summed E-state index contributed by atoms with van der Waals surface area (Å²) in [6, 6.07) is 0. The second-order valence-electron chi connectivity index (χ2n) is 32.3. The van der Waals surface area contributed by atoms with Crippen LogP contribution in [0.25, 0.3) is 0 Å². The lowest BCUT2D eigenvalue weighted by Crippen LogP contribution is -2.37. The lowest BCUT2D eigenvalue weighted by atomic mass is 10.0. The minimum Gasteiger partial charge on any atom is -0.462 e. The lowest BCUT2D eigenvalue weighted by Gasteiger charge is -2.24. The van der Waals surface area contributed by atoms with Gasteiger partial charge in [-0.25, -0.2) is 4.57 Å². The molecule has 0 aromatic heterocycles. The van der Waals surface area contributed by atoms with Crippen LogP contribution in [0.4, 0.5) is 0 Å². The number of allylic oxidation sites excluding steroid dienone is 10. The molecule has 0 rings (SSSR count). The Kier molecular flexibility index (Phi) is 81.9. The molecule has 0 saturated heterocycles. The van der Waals surface area contributed by atoms with Gasteiger partial charge in [-0.05, 0) is 57.8 Å². The van der Waals surface area contributed by atoms with Crippen LogP contribution in [-0.4, -0.2) is 74.9 Å². The number of quaternary nitrogens is 1. The van der Waals surface area contributed by atoms with E-state index in [0.717, 1.165) is 64.2 Å². The van der Waals surface area contributed by atoms with E-state index in [0.29, 0.717) is 23.9 Å². The molecule has 0 aliphatic rings. The summed E-state index contributed by atoms with van der Waals surface area (Å²) in [7, 11) is 1.50. The third-order valence-electron chi connectivity index (χ3n) is 20.8. The highest BCUT2D eigenvalue weighted by molar-refractivity contribution is 7.47. The summed E-state index contributed by atoms with van der Waals surface area (Å²) in [5, 5.41) is 0. The van der Waals surface area contributed by atoms with E-state index in [1.807, 2.05) is 21.1 Å². The van der Waals surface area contributed by atoms with Crippen molar-refractivity contribution in [1.29, 1.82) is 0 Å². The van der Waals surface area contributed by atoms with Gasteiger partial charge in [0.2, 0.25) is 0 Å². The molecule has 0 aliphatic carbocycles. The second kappa shape index (κ2) is 83.7. The fourth-order valence-corrected chi connectivity index (χ4v) is 14.7. The molecule has 10 heteroatoms. The van der Waals surface area contributed by atoms with Crippen LogP contribution in [0.1, 0.15) is 470 Å². The number of carbonyl (C=O) groups is 2. The number of carbonyl (C=O) groups excluding carboxylic acids is 2. The van der Waals surface area contributed by atoms with Crippen molar-refractivity contribution in [2.45, 2.75) is 476 Å². The first kappa shape index (κ1) is 101. The maximum absolute atomic E-state index is 13.0. The van der Waals surface area contributed by atoms with E-state index in [1.54, 1.807) is 0 Å². The fraction of sp³-hybridized carbons (Fsp3) is 0.871. The number of likely N-dealkylation sites (N-methyl/N-ethyl adjacent to an activating group) is 1. The first-order valence-corrected chi connectivity index (χ1v) is 47.0. The molecule has 0 aliphatic heterocycles. The molecule has 0 bridgehead atoms. The lowest BCUT2D eigenvalue weighted by molar-refractivity contribution is -0.870. The summed E-state index contributed by atoms with van der Waals surface area (Å²) in [5.74, 6) is -0.768. The molecular weight excluding hydrogens is 1290 g/mol. The minimum absolute atomic E-state index is 0.0352. The Morgan fingerprint density at radius 1 is 0.311 bits per heavy atom. The largest absolute Gasteiger partial charge is 0.472 e. The second-order valence-corrected chi connectivity index (χ2v) is 33.8. The molecule has 0 heterocycles. The third-order valence-corrected chi connectivity index (χ3v) is 21.8. The molecule has 0 amide bonds. The van der Waals surface area contributed by atoms with Crippen LogP contribution < -0.4 is 0 Å². The van der Waals surface area contributed by atoms with Crippen LogP contribution in [0.15, 0.2) is 60.8 Å². The smallest absolute Gasteiger partial charge is 0.462 e. The Morgan fingerprint density at radius 3 is 0.825 bits per heavy atom. The first-order valence-electron chi connectivity index (χ1n) is 45.5. The Hall–Kier alpha value is -2.29. The summed E-state index contributed by atoms with van der Waals surface area (Å²) in [6.45, 7) is 4.41. The van der Waals surface area contributed by atoms with E-state index < -0.39 is 26.5 Å². The molecule has 606 valence electrons. The van der Waals surface area contributed by atoms with Gasteiger partial charge in [-0.15, -0.1) is 0 Å². The van der Waals surface area contributed by atoms with E-state index >= 15 is 0 Å². The third kappa shape index (κ3) is 88.5. The number of phosphoric acid groups is 1. The zero-order valence-corrected chi connectivity index (χ0v) is 70.5. The molecule has 0 radical (unpaired) electrons. The van der Waals surface area contributed by atoms with Gasteiger partial charge >= 0.3 is 19.8 Å². The average molecular weight is 1470 g/mol. The van der Waals surface area contributed by atoms with Crippen molar-refractivity contribution in [3.05, 3.63) is 60.8 Å². The van der Waals surface area contributed by atoms with Gasteiger partial charge in [-0.1, -0.05) is 460 Å². The summed E-state index contributed by atoms with van der Waals surface area (Å²) >= 11 is 0. The minimum atomic E-state index is -4.40. The maximum atomic E-state index is 13.0. The molecule has 0 aromatic rings. The predicted octanol–water partition coefficient (Wildman–Crippen LogP) is 30.8. The molecular formula is C93H177NO8P+. The van der Waals surface area contributed by atoms with Gasteiger partial charge in [0.05, 0.1) is 27.7 Å². The van der Waals surface area contributed by atoms with E-state index in [2.05, 4.69) is 74.6 Å². The van der Waals surface area contributed by atoms with E-state index in [-0.39, 0.29) is 25.6 Å². The highest BCUT2D eigenvalue weighted by Crippen LogP contribution is 2.43. The summed E-state index contributed by atoms with van der Waals surface area (Å²) in [5.41, 5.74) is 0. The van der Waals surface area contributed by atoms with Crippen molar-refractivity contribution in [3.8, 4) is 0 Å². The van der Waals surface area contributed by atoms with Crippen molar-refractivity contribution >= 4 is 19.8 Å². The zero-order chi connectivity index (χ0) is 74.7. The normalized spacial score (nSPS) is 13.2. The van der Waals surface area contributed by atoms with Gasteiger partial charge in [-0.3, -0.25) is 18.6 Å². The van der Waals surface area contributed by atoms with Gasteiger partial charge < -0.3 is 18.9 Å². The predicted molar refractivity (Wildman–Crippen MR) is 450 cm³/mol. The summed E-state index contributed by atoms with van der Waals surface area (Å²) < 4.78 is 34.9. The van der Waals surface area contributed by atoms with Gasteiger partial charge in [-0.2, -0.15) is 0 Å². The Labute approximate surface area is 642 Å². The monoisotopic (exact) mass is 1470 g/mol. The highest BCUT2D eigenvalue weighted by atomic mass is 31.2. The molecule has 9 nitrogen and oxygen atoms in total. The Bertz CT molecular complexity index is 1920. The average Bonchev–Trinajstić information content (AvgIpc) is 0.971. The number of hydrogen-bond acceptors (Lipinski definition) is 7. The molecule has 2 atom stereocenters. The Balaban J connectivity index is 3.83. The Morgan fingerprint density at radius 2 is 0.553 bits per heavy atom. The zero-order valence-electron chi connectivity index (χ0n) is 69.6. The van der Waals surface area contributed by atoms with E-state index in [1.165, 1.54) is 372 Å². The van der Waals surface area contributed by atoms with Crippen LogP contribution in [0, 0.1) is 0 Å². The number of nitrogens with zero attached hydrogens (tertiary/aromatic N) is 1. The van der Waals surface area contributed by atoms with Gasteiger partial charge in [0, 0.05) is 12.8 Å². The van der Waals surface area contributed by atoms with Crippen LogP contribution in [-0.2, 0) is 32.7 Å². The van der Waals surface area contributed by atoms with Crippen molar-refractivity contribution in [1.82, 2.24) is 0 Å². The van der Waals surface area contributed by atoms with Crippen molar-refractivity contribution < 1.29 is 42.1 Å². The quantitative estimate of drug-likeness (QED) is 0.0211. The maximum Gasteiger partial charge on any atom is 0.472 e. The number of phosphoric ester groups is 1. The highest BCUT2D eigenvalue weighted by Gasteiger charge is 2.27. The molecule has 103 heavy (non-hydrogen) atoms. The summed E-state index contributed by atoms with van der Waals surface area (Å²) in [6.07, 6.45) is 114. The van der Waals surface area contributed by atoms with Crippen LogP contribution in [0.5, 0.6) is 0 Å². The topological polar surface area (TPSA) is 108 Å². The number of hydrogen-bond donors (Lipinski definition) is 1. The standard InChI is InChI=1S/C93H176NO8P/c1-6-8-10-12-14-16-18-20-22-24-26-28-30-32-34-36-38-40-42-44-46-47-48-50-52-54-56-58-60-62-64-66-68-70-72-74-76-78-80-82-84-86-93(96)102-91(90-101-103(97,98)100-88-87-94(3,4)5)89-99-92(95)85-83-81-79-77-75-73-71-69-67-65-63-61-59-57-55-53-51-49-45-43-41-39-37-35-33-31-29-27-25-23-21-19-17-15-13-11-9-7-2/h8,10,14,16,20,22,26,28,32,34,91H,6-7,9,11-13,15,17-19,21,23-25,27,29-31,33,35-90H2,1-5H3/p+1/b10-8-,16-14-,22-20-,28-26-,34-32-. The van der Waals surface area contributed by atoms with Crippen molar-refractivity contribution in [2.24, 2.45) is 0 Å². The first-order chi connectivity index (χ1) is 50.5. The van der Waals surface area contributed by atoms with Crippen molar-refractivity contribution in [2.75, 3.05) is 47.5 Å². The fourth-order valence-electron chi connectivity index (χ4n) is 13.9. The van der Waals surface area contributed by atoms with Gasteiger partial charge in [0.15, 0.2) is 6.10 Å². The van der Waals surface area contributed by atoms with Gasteiger partial charge in [0.25, 0.3) is 0 Å². The SMILES string of the molecule is CC/C=C\C/C=C\C/C=C\C/C=C\C/C=C\CCCCCCCCCCCCCCCCCCCCCCCCCCCC(=O)OC(COC(=O)CCCCCCCCCCCCCCCCCCCCCCCCCCCCCCCCCCCCCCCC)COP(=O)(O)OCC[N+](C)(C)C. The van der Waals surface area contributed by atoms with Gasteiger partial charge in [0.1, 0.15) is 19.8 Å². The van der Waals surface area contributed by atoms with E-state index in [9.17, 15) is 19.0 Å². The number of rotatable bonds is 86. The molecule has 0 spiro atoms. The van der Waals surface area contributed by atoms with Crippen LogP contribution in [0.3, 0.4) is 0 Å². The number of ether oxygens (including phenoxy) is 2. The molecule has 2 unspecified atom stereocenters. The van der Waals surface area contributed by atoms with Crippen molar-refractivity contribution in [3.63, 3.8) is 0 Å². The van der Waals surface area contributed by atoms with Crippen LogP contribution in [0.2, 0.25) is 0 Å². The molecule has 0 fully saturated rings. The number of unbranched alkanes of at least 4 members (excludes halogenated alkanes) is 62. The van der Waals surface area contributed by atoms with Crippen LogP contribution >= 0.6 is 7.82 Å². The molecule has 0 aromatic carbocycles. The molecule has 1 N–H and O–H groups in total. The summed E-state index contributed by atoms with van der Waals surface area (Å²) in [4.78, 5) is 36.1. The molecule has 0 saturated carbocycles.